The van der Waals surface area contributed by atoms with Crippen molar-refractivity contribution in [1.82, 2.24) is 0 Å². The second-order valence-corrected chi connectivity index (χ2v) is 14.5. The normalized spacial score (nSPS) is 12.4. The van der Waals surface area contributed by atoms with Gasteiger partial charge in [0, 0.05) is 33.1 Å². The molecule has 2 nitrogen and oxygen atoms in total. The van der Waals surface area contributed by atoms with Gasteiger partial charge < -0.3 is 9.32 Å². The summed E-state index contributed by atoms with van der Waals surface area (Å²) >= 11 is 0. The highest BCUT2D eigenvalue weighted by Crippen LogP contribution is 2.46. The van der Waals surface area contributed by atoms with E-state index in [0.29, 0.717) is 0 Å². The first-order valence-electron chi connectivity index (χ1n) is 18.7. The molecule has 0 saturated carbocycles. The van der Waals surface area contributed by atoms with Crippen molar-refractivity contribution in [2.24, 2.45) is 0 Å². The van der Waals surface area contributed by atoms with Crippen LogP contribution in [0.2, 0.25) is 0 Å². The van der Waals surface area contributed by atoms with Crippen LogP contribution in [-0.2, 0) is 12.8 Å². The summed E-state index contributed by atoms with van der Waals surface area (Å²) in [7, 11) is 0. The monoisotopic (exact) mass is 689 g/mol. The van der Waals surface area contributed by atoms with Crippen molar-refractivity contribution >= 4 is 77.4 Å². The van der Waals surface area contributed by atoms with Crippen molar-refractivity contribution in [2.45, 2.75) is 12.8 Å². The Morgan fingerprint density at radius 3 is 1.83 bits per heavy atom. The molecule has 0 fully saturated rings. The van der Waals surface area contributed by atoms with Gasteiger partial charge in [0.2, 0.25) is 0 Å². The molecule has 54 heavy (non-hydrogen) atoms. The van der Waals surface area contributed by atoms with E-state index in [1.807, 2.05) is 6.08 Å². The molecule has 0 unspecified atom stereocenters. The van der Waals surface area contributed by atoms with Crippen molar-refractivity contribution < 1.29 is 4.42 Å². The molecule has 1 heterocycles. The Kier molecular flexibility index (Phi) is 6.87. The molecule has 0 N–H and O–H groups in total. The molecule has 11 rings (SSSR count). The first-order valence-corrected chi connectivity index (χ1v) is 18.7. The lowest BCUT2D eigenvalue weighted by Crippen LogP contribution is -2.10. The molecule has 1 aliphatic carbocycles. The number of benzene rings is 9. The summed E-state index contributed by atoms with van der Waals surface area (Å²) in [6.45, 7) is 4.00. The Morgan fingerprint density at radius 1 is 0.481 bits per heavy atom. The Hall–Kier alpha value is -6.90. The lowest BCUT2D eigenvalue weighted by molar-refractivity contribution is 0.670. The van der Waals surface area contributed by atoms with E-state index in [0.717, 1.165) is 67.7 Å². The molecule has 1 aromatic heterocycles. The molecule has 0 amide bonds. The number of anilines is 3. The maximum Gasteiger partial charge on any atom is 0.143 e. The Bertz CT molecular complexity index is 3110. The van der Waals surface area contributed by atoms with Gasteiger partial charge >= 0.3 is 0 Å². The smallest absolute Gasteiger partial charge is 0.143 e. The van der Waals surface area contributed by atoms with Crippen molar-refractivity contribution in [1.29, 1.82) is 0 Å². The van der Waals surface area contributed by atoms with Gasteiger partial charge in [-0.3, -0.25) is 0 Å². The zero-order valence-electron chi connectivity index (χ0n) is 29.7. The lowest BCUT2D eigenvalue weighted by atomic mass is 9.85. The molecule has 0 aliphatic heterocycles. The van der Waals surface area contributed by atoms with E-state index in [1.54, 1.807) is 0 Å². The molecule has 1 aliphatic rings. The molecule has 0 saturated heterocycles. The number of fused-ring (bicyclic) bond motifs is 8. The topological polar surface area (TPSA) is 16.4 Å². The minimum atomic E-state index is 0.912. The maximum absolute atomic E-state index is 6.85. The summed E-state index contributed by atoms with van der Waals surface area (Å²) in [6.07, 6.45) is 4.21. The maximum atomic E-state index is 6.85. The van der Waals surface area contributed by atoms with Gasteiger partial charge in [0.05, 0.1) is 5.69 Å². The van der Waals surface area contributed by atoms with Crippen LogP contribution in [0.25, 0.3) is 82.6 Å². The van der Waals surface area contributed by atoms with Gasteiger partial charge in [-0.15, -0.1) is 0 Å². The molecule has 9 aromatic carbocycles. The van der Waals surface area contributed by atoms with Crippen LogP contribution in [0.5, 0.6) is 0 Å². The molecule has 2 heteroatoms. The van der Waals surface area contributed by atoms with Gasteiger partial charge in [-0.25, -0.2) is 0 Å². The van der Waals surface area contributed by atoms with Gasteiger partial charge in [-0.2, -0.15) is 0 Å². The van der Waals surface area contributed by atoms with E-state index >= 15 is 0 Å². The lowest BCUT2D eigenvalue weighted by Gasteiger charge is -2.28. The number of hydrogen-bond donors (Lipinski definition) is 0. The third-order valence-electron chi connectivity index (χ3n) is 11.5. The Balaban J connectivity index is 1.11. The van der Waals surface area contributed by atoms with Crippen LogP contribution in [0.4, 0.5) is 17.1 Å². The van der Waals surface area contributed by atoms with Gasteiger partial charge in [0.1, 0.15) is 11.2 Å². The molecule has 0 spiro atoms. The van der Waals surface area contributed by atoms with Gasteiger partial charge in [0.25, 0.3) is 0 Å². The Morgan fingerprint density at radius 2 is 1.11 bits per heavy atom. The standard InChI is InChI=1S/C52H35NO/c1-2-33-15-23-41(24-16-33)53(49-31-39-11-5-6-12-43(39)46-13-7-8-14-47(46)49)42-25-21-35(22-26-42)44-27-28-45(40-20-18-34-17-19-38(34)29-40)52-51(44)48-30-36-9-3-4-10-37(36)32-50(48)54-52/h2-16,18,20-32H,1,17,19H2. The van der Waals surface area contributed by atoms with Gasteiger partial charge in [0.15, 0.2) is 0 Å². The first kappa shape index (κ1) is 30.7. The Labute approximate surface area is 313 Å². The van der Waals surface area contributed by atoms with Crippen LogP contribution in [0.1, 0.15) is 16.7 Å². The number of rotatable bonds is 6. The highest BCUT2D eigenvalue weighted by atomic mass is 16.3. The number of aryl methyl sites for hydroxylation is 2. The van der Waals surface area contributed by atoms with Crippen LogP contribution in [0.15, 0.2) is 181 Å². The molecular weight excluding hydrogens is 655 g/mol. The van der Waals surface area contributed by atoms with Crippen molar-refractivity contribution in [3.8, 4) is 22.3 Å². The van der Waals surface area contributed by atoms with Crippen LogP contribution in [0.3, 0.4) is 0 Å². The average Bonchev–Trinajstić information content (AvgIpc) is 3.59. The van der Waals surface area contributed by atoms with Crippen LogP contribution in [-0.4, -0.2) is 0 Å². The predicted octanol–water partition coefficient (Wildman–Crippen LogP) is 14.6. The van der Waals surface area contributed by atoms with Gasteiger partial charge in [-0.05, 0) is 122 Å². The summed E-state index contributed by atoms with van der Waals surface area (Å²) in [5, 5.41) is 9.60. The van der Waals surface area contributed by atoms with Crippen LogP contribution < -0.4 is 4.90 Å². The van der Waals surface area contributed by atoms with Crippen molar-refractivity contribution in [3.05, 3.63) is 193 Å². The minimum absolute atomic E-state index is 0.912. The van der Waals surface area contributed by atoms with E-state index in [-0.39, 0.29) is 0 Å². The quantitative estimate of drug-likeness (QED) is 0.162. The van der Waals surface area contributed by atoms with Crippen molar-refractivity contribution in [3.63, 3.8) is 0 Å². The minimum Gasteiger partial charge on any atom is -0.455 e. The summed E-state index contributed by atoms with van der Waals surface area (Å²) in [4.78, 5) is 2.38. The molecule has 254 valence electrons. The molecule has 10 aromatic rings. The summed E-state index contributed by atoms with van der Waals surface area (Å²) in [5.41, 5.74) is 13.8. The SMILES string of the molecule is C=Cc1ccc(N(c2ccc(-c3ccc(-c4ccc5c(c4)CC5)c4oc5cc6ccccc6cc5c34)cc2)c2cc3ccccc3c3ccccc23)cc1. The second kappa shape index (κ2) is 12.1. The van der Waals surface area contributed by atoms with E-state index < -0.39 is 0 Å². The summed E-state index contributed by atoms with van der Waals surface area (Å²) in [5.74, 6) is 0. The predicted molar refractivity (Wildman–Crippen MR) is 229 cm³/mol. The number of furan rings is 1. The zero-order chi connectivity index (χ0) is 35.8. The first-order chi connectivity index (χ1) is 26.7. The van der Waals surface area contributed by atoms with Crippen LogP contribution in [0, 0.1) is 0 Å². The molecular formula is C52H35NO. The highest BCUT2D eigenvalue weighted by molar-refractivity contribution is 6.19. The largest absolute Gasteiger partial charge is 0.455 e. The van der Waals surface area contributed by atoms with E-state index in [9.17, 15) is 0 Å². The molecule has 0 atom stereocenters. The number of hydrogen-bond acceptors (Lipinski definition) is 2. The summed E-state index contributed by atoms with van der Waals surface area (Å²) in [6, 6.07) is 62.0. The fourth-order valence-electron chi connectivity index (χ4n) is 8.59. The molecule has 0 radical (unpaired) electrons. The van der Waals surface area contributed by atoms with Gasteiger partial charge in [-0.1, -0.05) is 134 Å². The van der Waals surface area contributed by atoms with Crippen molar-refractivity contribution in [2.75, 3.05) is 4.90 Å². The number of nitrogens with zero attached hydrogens (tertiary/aromatic N) is 1. The second-order valence-electron chi connectivity index (χ2n) is 14.5. The zero-order valence-corrected chi connectivity index (χ0v) is 29.7. The fourth-order valence-corrected chi connectivity index (χ4v) is 8.59. The molecule has 0 bridgehead atoms. The fraction of sp³-hybridized carbons (Fsp3) is 0.0385. The van der Waals surface area contributed by atoms with E-state index in [1.165, 1.54) is 55.4 Å². The van der Waals surface area contributed by atoms with E-state index in [2.05, 4.69) is 181 Å². The summed E-state index contributed by atoms with van der Waals surface area (Å²) < 4.78 is 6.85. The highest BCUT2D eigenvalue weighted by Gasteiger charge is 2.22. The third kappa shape index (κ3) is 4.81. The third-order valence-corrected chi connectivity index (χ3v) is 11.5. The average molecular weight is 690 g/mol. The van der Waals surface area contributed by atoms with E-state index in [4.69, 9.17) is 4.42 Å². The van der Waals surface area contributed by atoms with Crippen LogP contribution >= 0.6 is 0 Å².